The van der Waals surface area contributed by atoms with Crippen LogP contribution in [0.4, 0.5) is 0 Å². The molecule has 1 N–H and O–H groups in total. The van der Waals surface area contributed by atoms with Crippen molar-refractivity contribution >= 4 is 10.0 Å². The van der Waals surface area contributed by atoms with Crippen molar-refractivity contribution in [3.8, 4) is 0 Å². The highest BCUT2D eigenvalue weighted by Gasteiger charge is 2.31. The van der Waals surface area contributed by atoms with Gasteiger partial charge in [-0.05, 0) is 44.7 Å². The third-order valence-corrected chi connectivity index (χ3v) is 5.78. The van der Waals surface area contributed by atoms with E-state index in [0.717, 1.165) is 32.4 Å². The van der Waals surface area contributed by atoms with Crippen LogP contribution in [-0.2, 0) is 10.0 Å². The lowest BCUT2D eigenvalue weighted by Crippen LogP contribution is -2.42. The van der Waals surface area contributed by atoms with Crippen molar-refractivity contribution < 1.29 is 8.42 Å². The average Bonchev–Trinajstić information content (AvgIpc) is 2.88. The van der Waals surface area contributed by atoms with Gasteiger partial charge in [-0.1, -0.05) is 33.6 Å². The van der Waals surface area contributed by atoms with Crippen LogP contribution in [0.2, 0.25) is 0 Å². The zero-order chi connectivity index (χ0) is 15.0. The minimum atomic E-state index is -3.09. The molecule has 0 aromatic carbocycles. The Labute approximate surface area is 125 Å². The molecule has 0 aromatic rings. The largest absolute Gasteiger partial charge is 0.317 e. The molecule has 0 aliphatic heterocycles. The van der Waals surface area contributed by atoms with Gasteiger partial charge in [0.05, 0.1) is 5.75 Å². The summed E-state index contributed by atoms with van der Waals surface area (Å²) in [6, 6.07) is 0.256. The summed E-state index contributed by atoms with van der Waals surface area (Å²) >= 11 is 0. The molecule has 1 aliphatic rings. The number of nitrogens with zero attached hydrogens (tertiary/aromatic N) is 1. The molecule has 0 aromatic heterocycles. The van der Waals surface area contributed by atoms with Gasteiger partial charge in [0.2, 0.25) is 10.0 Å². The number of sulfonamides is 1. The quantitative estimate of drug-likeness (QED) is 0.631. The summed E-state index contributed by atoms with van der Waals surface area (Å²) in [5.74, 6) is 0.677. The second kappa shape index (κ2) is 9.00. The molecule has 0 amide bonds. The molecule has 120 valence electrons. The van der Waals surface area contributed by atoms with Crippen molar-refractivity contribution in [2.45, 2.75) is 65.3 Å². The third kappa shape index (κ3) is 6.10. The summed E-state index contributed by atoms with van der Waals surface area (Å²) in [5, 5.41) is 3.27. The van der Waals surface area contributed by atoms with E-state index in [1.807, 2.05) is 4.31 Å². The second-order valence-electron chi connectivity index (χ2n) is 6.32. The highest BCUT2D eigenvalue weighted by Crippen LogP contribution is 2.26. The van der Waals surface area contributed by atoms with Gasteiger partial charge in [-0.25, -0.2) is 8.42 Å². The van der Waals surface area contributed by atoms with Crippen molar-refractivity contribution in [2.24, 2.45) is 5.92 Å². The van der Waals surface area contributed by atoms with Crippen molar-refractivity contribution in [1.82, 2.24) is 9.62 Å². The Morgan fingerprint density at radius 3 is 2.40 bits per heavy atom. The van der Waals surface area contributed by atoms with Gasteiger partial charge in [0, 0.05) is 12.6 Å². The van der Waals surface area contributed by atoms with Crippen molar-refractivity contribution in [3.05, 3.63) is 0 Å². The summed E-state index contributed by atoms with van der Waals surface area (Å²) in [7, 11) is -3.09. The number of rotatable bonds is 10. The lowest BCUT2D eigenvalue weighted by molar-refractivity contribution is 0.292. The summed E-state index contributed by atoms with van der Waals surface area (Å²) < 4.78 is 27.0. The first kappa shape index (κ1) is 17.9. The van der Waals surface area contributed by atoms with E-state index in [9.17, 15) is 8.42 Å². The molecule has 0 radical (unpaired) electrons. The minimum Gasteiger partial charge on any atom is -0.317 e. The maximum Gasteiger partial charge on any atom is 0.214 e. The highest BCUT2D eigenvalue weighted by molar-refractivity contribution is 7.89. The highest BCUT2D eigenvalue weighted by atomic mass is 32.2. The van der Waals surface area contributed by atoms with Gasteiger partial charge in [-0.15, -0.1) is 0 Å². The molecule has 0 atom stereocenters. The maximum absolute atomic E-state index is 12.6. The van der Waals surface area contributed by atoms with Gasteiger partial charge in [0.1, 0.15) is 0 Å². The molecule has 1 saturated carbocycles. The van der Waals surface area contributed by atoms with Gasteiger partial charge in [0.15, 0.2) is 0 Å². The molecule has 20 heavy (non-hydrogen) atoms. The van der Waals surface area contributed by atoms with Gasteiger partial charge in [-0.2, -0.15) is 4.31 Å². The standard InChI is InChI=1S/C15H32N2O2S/c1-4-10-16-11-7-12-20(18,19)17(13-14(2)3)15-8-5-6-9-15/h14-16H,4-13H2,1-3H3. The summed E-state index contributed by atoms with van der Waals surface area (Å²) in [6.45, 7) is 8.76. The van der Waals surface area contributed by atoms with E-state index in [-0.39, 0.29) is 11.8 Å². The first-order valence-electron chi connectivity index (χ1n) is 8.17. The van der Waals surface area contributed by atoms with E-state index in [1.165, 1.54) is 12.8 Å². The molecule has 0 unspecified atom stereocenters. The molecule has 0 spiro atoms. The fourth-order valence-electron chi connectivity index (χ4n) is 2.84. The van der Waals surface area contributed by atoms with E-state index < -0.39 is 10.0 Å². The minimum absolute atomic E-state index is 0.256. The third-order valence-electron chi connectivity index (χ3n) is 3.82. The predicted molar refractivity (Wildman–Crippen MR) is 85.4 cm³/mol. The molecule has 0 heterocycles. The van der Waals surface area contributed by atoms with Crippen LogP contribution in [-0.4, -0.2) is 44.2 Å². The van der Waals surface area contributed by atoms with Crippen LogP contribution in [0.15, 0.2) is 0 Å². The molecule has 0 saturated heterocycles. The SMILES string of the molecule is CCCNCCCS(=O)(=O)N(CC(C)C)C1CCCC1. The Morgan fingerprint density at radius 2 is 1.85 bits per heavy atom. The molecule has 0 bridgehead atoms. The molecule has 1 rings (SSSR count). The van der Waals surface area contributed by atoms with E-state index in [4.69, 9.17) is 0 Å². The number of hydrogen-bond acceptors (Lipinski definition) is 3. The van der Waals surface area contributed by atoms with Gasteiger partial charge in [0.25, 0.3) is 0 Å². The maximum atomic E-state index is 12.6. The fraction of sp³-hybridized carbons (Fsp3) is 1.00. The van der Waals surface area contributed by atoms with Crippen LogP contribution in [0.25, 0.3) is 0 Å². The molecule has 1 aliphatic carbocycles. The van der Waals surface area contributed by atoms with Crippen molar-refractivity contribution in [2.75, 3.05) is 25.4 Å². The lowest BCUT2D eigenvalue weighted by Gasteiger charge is -2.29. The Morgan fingerprint density at radius 1 is 1.20 bits per heavy atom. The van der Waals surface area contributed by atoms with Gasteiger partial charge in [-0.3, -0.25) is 0 Å². The summed E-state index contributed by atoms with van der Waals surface area (Å²) in [6.07, 6.45) is 6.23. The Balaban J connectivity index is 2.53. The lowest BCUT2D eigenvalue weighted by atomic mass is 10.2. The van der Waals surface area contributed by atoms with Crippen LogP contribution < -0.4 is 5.32 Å². The first-order chi connectivity index (χ1) is 9.47. The normalized spacial score (nSPS) is 17.4. The zero-order valence-corrected chi connectivity index (χ0v) is 14.2. The van der Waals surface area contributed by atoms with Crippen molar-refractivity contribution in [3.63, 3.8) is 0 Å². The first-order valence-corrected chi connectivity index (χ1v) is 9.78. The predicted octanol–water partition coefficient (Wildman–Crippen LogP) is 2.61. The topological polar surface area (TPSA) is 49.4 Å². The van der Waals surface area contributed by atoms with Gasteiger partial charge >= 0.3 is 0 Å². The van der Waals surface area contributed by atoms with E-state index in [1.54, 1.807) is 0 Å². The van der Waals surface area contributed by atoms with Gasteiger partial charge < -0.3 is 5.32 Å². The van der Waals surface area contributed by atoms with Crippen LogP contribution in [0.5, 0.6) is 0 Å². The van der Waals surface area contributed by atoms with Crippen molar-refractivity contribution in [1.29, 1.82) is 0 Å². The molecule has 4 nitrogen and oxygen atoms in total. The Kier molecular flexibility index (Phi) is 8.07. The number of hydrogen-bond donors (Lipinski definition) is 1. The average molecular weight is 305 g/mol. The van der Waals surface area contributed by atoms with Crippen LogP contribution in [0, 0.1) is 5.92 Å². The second-order valence-corrected chi connectivity index (χ2v) is 8.36. The van der Waals surface area contributed by atoms with E-state index in [2.05, 4.69) is 26.1 Å². The summed E-state index contributed by atoms with van der Waals surface area (Å²) in [5.41, 5.74) is 0. The molecular weight excluding hydrogens is 272 g/mol. The number of nitrogens with one attached hydrogen (secondary N) is 1. The van der Waals surface area contributed by atoms with E-state index in [0.29, 0.717) is 18.9 Å². The monoisotopic (exact) mass is 304 g/mol. The molecule has 1 fully saturated rings. The Bertz CT molecular complexity index is 349. The Hall–Kier alpha value is -0.130. The van der Waals surface area contributed by atoms with E-state index >= 15 is 0 Å². The van der Waals surface area contributed by atoms with Crippen LogP contribution >= 0.6 is 0 Å². The zero-order valence-electron chi connectivity index (χ0n) is 13.4. The molecular formula is C15H32N2O2S. The smallest absolute Gasteiger partial charge is 0.214 e. The summed E-state index contributed by atoms with van der Waals surface area (Å²) in [4.78, 5) is 0. The fourth-order valence-corrected chi connectivity index (χ4v) is 4.77. The molecule has 5 heteroatoms. The van der Waals surface area contributed by atoms with Crippen LogP contribution in [0.1, 0.15) is 59.3 Å². The van der Waals surface area contributed by atoms with Crippen LogP contribution in [0.3, 0.4) is 0 Å².